The van der Waals surface area contributed by atoms with Crippen molar-refractivity contribution in [3.8, 4) is 0 Å². The molecule has 0 radical (unpaired) electrons. The number of nitrogens with zero attached hydrogens (tertiary/aromatic N) is 4. The van der Waals surface area contributed by atoms with Crippen LogP contribution >= 0.6 is 15.9 Å². The van der Waals surface area contributed by atoms with Gasteiger partial charge in [-0.3, -0.25) is 4.79 Å². The maximum absolute atomic E-state index is 13.4. The number of hydrogen-bond acceptors (Lipinski definition) is 8. The molecule has 0 unspecified atom stereocenters. The molecular formula is C15H17BrFN7O2. The molecular weight excluding hydrogens is 409 g/mol. The van der Waals surface area contributed by atoms with Gasteiger partial charge in [0.15, 0.2) is 17.4 Å². The van der Waals surface area contributed by atoms with E-state index in [2.05, 4.69) is 35.9 Å². The lowest BCUT2D eigenvalue weighted by Gasteiger charge is -2.31. The van der Waals surface area contributed by atoms with Gasteiger partial charge in [-0.2, -0.15) is 4.98 Å². The van der Waals surface area contributed by atoms with E-state index in [4.69, 9.17) is 11.5 Å². The van der Waals surface area contributed by atoms with Gasteiger partial charge in [-0.15, -0.1) is 0 Å². The zero-order chi connectivity index (χ0) is 18.8. The monoisotopic (exact) mass is 425 g/mol. The Bertz CT molecular complexity index is 896. The maximum atomic E-state index is 13.4. The number of H-pyrrole nitrogens is 1. The number of halogens is 2. The Morgan fingerprint density at radius 3 is 2.69 bits per heavy atom. The lowest BCUT2D eigenvalue weighted by molar-refractivity contribution is 0.0987. The molecule has 0 saturated carbocycles. The zero-order valence-corrected chi connectivity index (χ0v) is 15.3. The molecule has 3 rings (SSSR count). The van der Waals surface area contributed by atoms with Crippen LogP contribution in [0.2, 0.25) is 0 Å². The van der Waals surface area contributed by atoms with Crippen LogP contribution in [0.3, 0.4) is 0 Å². The average Bonchev–Trinajstić information content (AvgIpc) is 2.59. The van der Waals surface area contributed by atoms with Gasteiger partial charge < -0.3 is 21.4 Å². The Hall–Kier alpha value is -2.56. The molecule has 0 aliphatic carbocycles. The number of hydrogen-bond donors (Lipinski definition) is 3. The van der Waals surface area contributed by atoms with Crippen LogP contribution in [0.4, 0.5) is 21.7 Å². The van der Waals surface area contributed by atoms with Crippen molar-refractivity contribution in [2.24, 2.45) is 0 Å². The number of nitrogens with one attached hydrogen (secondary N) is 1. The van der Waals surface area contributed by atoms with Crippen molar-refractivity contribution in [3.63, 3.8) is 0 Å². The summed E-state index contributed by atoms with van der Waals surface area (Å²) in [6.45, 7) is 0.955. The number of Topliss-reactive ketones (excluding diaryl/α,β-unsaturated/α-hetero) is 1. The van der Waals surface area contributed by atoms with Gasteiger partial charge in [0.05, 0.1) is 24.0 Å². The lowest BCUT2D eigenvalue weighted by Crippen LogP contribution is -2.36. The first-order chi connectivity index (χ1) is 12.3. The summed E-state index contributed by atoms with van der Waals surface area (Å²) < 4.78 is 13.6. The van der Waals surface area contributed by atoms with Crippen LogP contribution in [0.5, 0.6) is 0 Å². The lowest BCUT2D eigenvalue weighted by atomic mass is 10.1. The van der Waals surface area contributed by atoms with E-state index < -0.39 is 17.6 Å². The molecule has 1 aliphatic heterocycles. The van der Waals surface area contributed by atoms with Gasteiger partial charge in [-0.1, -0.05) is 0 Å². The zero-order valence-electron chi connectivity index (χ0n) is 13.7. The summed E-state index contributed by atoms with van der Waals surface area (Å²) in [5, 5.41) is 0. The third-order valence-corrected chi connectivity index (χ3v) is 4.73. The molecule has 5 N–H and O–H groups in total. The topological polar surface area (TPSA) is 144 Å². The number of aromatic nitrogens is 4. The normalized spacial score (nSPS) is 15.2. The molecule has 0 spiro atoms. The number of alkyl halides is 1. The molecule has 3 heterocycles. The predicted octanol–water partition coefficient (Wildman–Crippen LogP) is 0.850. The predicted molar refractivity (Wildman–Crippen MR) is 97.8 cm³/mol. The fourth-order valence-corrected chi connectivity index (χ4v) is 3.08. The van der Waals surface area contributed by atoms with Gasteiger partial charge in [0, 0.05) is 13.1 Å². The van der Waals surface area contributed by atoms with Crippen LogP contribution in [0.25, 0.3) is 0 Å². The number of carbonyl (C=O) groups is 1. The molecule has 1 fully saturated rings. The summed E-state index contributed by atoms with van der Waals surface area (Å²) in [6, 6.07) is 0. The molecule has 1 aliphatic rings. The molecule has 1 saturated heterocycles. The summed E-state index contributed by atoms with van der Waals surface area (Å²) in [7, 11) is 0. The van der Waals surface area contributed by atoms with Crippen molar-refractivity contribution in [3.05, 3.63) is 32.7 Å². The number of aromatic amines is 1. The molecule has 11 heteroatoms. The van der Waals surface area contributed by atoms with Gasteiger partial charge in [0.1, 0.15) is 16.5 Å². The molecule has 0 aromatic carbocycles. The summed E-state index contributed by atoms with van der Waals surface area (Å²) in [4.78, 5) is 40.4. The molecule has 138 valence electrons. The Labute approximate surface area is 156 Å². The maximum Gasteiger partial charge on any atom is 0.345 e. The van der Waals surface area contributed by atoms with Crippen molar-refractivity contribution < 1.29 is 9.18 Å². The first kappa shape index (κ1) is 18.2. The third kappa shape index (κ3) is 3.82. The molecule has 0 bridgehead atoms. The second kappa shape index (κ2) is 7.36. The standard InChI is InChI=1S/C15H17BrFN7O2/c16-12-14(19)23-13(18)11(22-12)10(25)5-8-9(6-20-15(26)21-8)24-3-1-7(17)2-4-24/h6-7H,1-5H2,(H4,18,19,23)(H,20,21,26). The summed E-state index contributed by atoms with van der Waals surface area (Å²) in [6.07, 6.45) is 1.17. The minimum absolute atomic E-state index is 0.0443. The largest absolute Gasteiger partial charge is 0.382 e. The van der Waals surface area contributed by atoms with Crippen molar-refractivity contribution in [1.29, 1.82) is 0 Å². The van der Waals surface area contributed by atoms with E-state index in [0.717, 1.165) is 0 Å². The number of carbonyl (C=O) groups excluding carboxylic acids is 1. The van der Waals surface area contributed by atoms with E-state index >= 15 is 0 Å². The van der Waals surface area contributed by atoms with E-state index in [1.807, 2.05) is 4.90 Å². The van der Waals surface area contributed by atoms with Crippen LogP contribution < -0.4 is 22.1 Å². The van der Waals surface area contributed by atoms with Crippen LogP contribution in [0, 0.1) is 0 Å². The summed E-state index contributed by atoms with van der Waals surface area (Å²) in [5.74, 6) is -0.447. The van der Waals surface area contributed by atoms with E-state index in [-0.39, 0.29) is 28.4 Å². The van der Waals surface area contributed by atoms with Crippen LogP contribution in [-0.4, -0.2) is 45.0 Å². The first-order valence-electron chi connectivity index (χ1n) is 7.94. The summed E-state index contributed by atoms with van der Waals surface area (Å²) in [5.41, 5.74) is 11.7. The molecule has 26 heavy (non-hydrogen) atoms. The first-order valence-corrected chi connectivity index (χ1v) is 8.73. The minimum atomic E-state index is -0.839. The van der Waals surface area contributed by atoms with Gasteiger partial charge in [-0.25, -0.2) is 19.2 Å². The van der Waals surface area contributed by atoms with Gasteiger partial charge in [-0.05, 0) is 28.8 Å². The summed E-state index contributed by atoms with van der Waals surface area (Å²) >= 11 is 3.11. The second-order valence-electron chi connectivity index (χ2n) is 5.95. The number of nitrogens with two attached hydrogens (primary N) is 2. The van der Waals surface area contributed by atoms with Crippen molar-refractivity contribution in [2.75, 3.05) is 29.5 Å². The second-order valence-corrected chi connectivity index (χ2v) is 6.70. The smallest absolute Gasteiger partial charge is 0.345 e. The molecule has 9 nitrogen and oxygen atoms in total. The van der Waals surface area contributed by atoms with Gasteiger partial charge in [0.25, 0.3) is 0 Å². The number of rotatable bonds is 4. The minimum Gasteiger partial charge on any atom is -0.382 e. The molecule has 2 aromatic heterocycles. The van der Waals surface area contributed by atoms with Crippen molar-refractivity contribution in [1.82, 2.24) is 19.9 Å². The van der Waals surface area contributed by atoms with E-state index in [1.54, 1.807) is 0 Å². The van der Waals surface area contributed by atoms with Crippen molar-refractivity contribution >= 4 is 39.0 Å². The highest BCUT2D eigenvalue weighted by molar-refractivity contribution is 9.10. The third-order valence-electron chi connectivity index (χ3n) is 4.14. The van der Waals surface area contributed by atoms with Gasteiger partial charge >= 0.3 is 5.69 Å². The highest BCUT2D eigenvalue weighted by Gasteiger charge is 2.23. The highest BCUT2D eigenvalue weighted by Crippen LogP contribution is 2.25. The number of ketones is 1. The number of piperidine rings is 1. The SMILES string of the molecule is Nc1nc(N)c(C(=O)Cc2[nH]c(=O)ncc2N2CCC(F)CC2)nc1Br. The molecule has 0 amide bonds. The van der Waals surface area contributed by atoms with Crippen LogP contribution in [0.1, 0.15) is 29.0 Å². The van der Waals surface area contributed by atoms with E-state index in [0.29, 0.717) is 37.3 Å². The Morgan fingerprint density at radius 1 is 1.31 bits per heavy atom. The number of nitrogen functional groups attached to an aromatic ring is 2. The van der Waals surface area contributed by atoms with Crippen LogP contribution in [-0.2, 0) is 6.42 Å². The Balaban J connectivity index is 1.90. The average molecular weight is 426 g/mol. The van der Waals surface area contributed by atoms with E-state index in [9.17, 15) is 14.0 Å². The number of anilines is 3. The molecule has 0 atom stereocenters. The van der Waals surface area contributed by atoms with Crippen LogP contribution in [0.15, 0.2) is 15.6 Å². The Kier molecular flexibility index (Phi) is 5.16. The van der Waals surface area contributed by atoms with Gasteiger partial charge in [0.2, 0.25) is 0 Å². The van der Waals surface area contributed by atoms with E-state index in [1.165, 1.54) is 6.20 Å². The highest BCUT2D eigenvalue weighted by atomic mass is 79.9. The fourth-order valence-electron chi connectivity index (χ4n) is 2.81. The van der Waals surface area contributed by atoms with Crippen molar-refractivity contribution in [2.45, 2.75) is 25.4 Å². The molecule has 2 aromatic rings. The Morgan fingerprint density at radius 2 is 2.00 bits per heavy atom. The quantitative estimate of drug-likeness (QED) is 0.611. The fraction of sp³-hybridized carbons (Fsp3) is 0.400.